The molecule has 0 amide bonds. The number of anilines is 1. The van der Waals surface area contributed by atoms with Crippen LogP contribution >= 0.6 is 0 Å². The number of carbonyl (C=O) groups is 2. The highest BCUT2D eigenvalue weighted by atomic mass is 16.5. The quantitative estimate of drug-likeness (QED) is 0.373. The second-order valence-electron chi connectivity index (χ2n) is 3.49. The van der Waals surface area contributed by atoms with Gasteiger partial charge in [-0.1, -0.05) is 0 Å². The Labute approximate surface area is 95.9 Å². The third kappa shape index (κ3) is 1.42. The van der Waals surface area contributed by atoms with Gasteiger partial charge < -0.3 is 20.7 Å². The third-order valence-corrected chi connectivity index (χ3v) is 2.49. The Kier molecular flexibility index (Phi) is 2.27. The van der Waals surface area contributed by atoms with Crippen LogP contribution < -0.4 is 5.73 Å². The third-order valence-electron chi connectivity index (χ3n) is 2.49. The molecule has 88 valence electrons. The molecule has 1 aliphatic carbocycles. The van der Waals surface area contributed by atoms with E-state index in [2.05, 4.69) is 0 Å². The van der Waals surface area contributed by atoms with E-state index in [-0.39, 0.29) is 22.6 Å². The molecule has 2 rings (SSSR count). The van der Waals surface area contributed by atoms with Gasteiger partial charge >= 0.3 is 0 Å². The fourth-order valence-corrected chi connectivity index (χ4v) is 1.68. The molecule has 0 fully saturated rings. The number of rotatable bonds is 1. The minimum absolute atomic E-state index is 0.181. The van der Waals surface area contributed by atoms with E-state index in [1.54, 1.807) is 0 Å². The van der Waals surface area contributed by atoms with Gasteiger partial charge in [-0.2, -0.15) is 0 Å². The molecule has 0 heterocycles. The zero-order valence-corrected chi connectivity index (χ0v) is 8.85. The number of phenolic OH excluding ortho intramolecular Hbond substituents is 2. The van der Waals surface area contributed by atoms with Crippen LogP contribution in [0.25, 0.3) is 0 Å². The smallest absolute Gasteiger partial charge is 0.232 e. The largest absolute Gasteiger partial charge is 0.507 e. The highest BCUT2D eigenvalue weighted by Crippen LogP contribution is 2.38. The molecule has 17 heavy (non-hydrogen) atoms. The summed E-state index contributed by atoms with van der Waals surface area (Å²) in [5.74, 6) is -2.49. The summed E-state index contributed by atoms with van der Waals surface area (Å²) >= 11 is 0. The predicted molar refractivity (Wildman–Crippen MR) is 57.9 cm³/mol. The predicted octanol–water partition coefficient (Wildman–Crippen LogP) is 0.589. The number of benzene rings is 1. The van der Waals surface area contributed by atoms with Gasteiger partial charge in [-0.05, 0) is 0 Å². The van der Waals surface area contributed by atoms with Gasteiger partial charge in [0.25, 0.3) is 0 Å². The Balaban J connectivity index is 2.80. The first-order chi connectivity index (χ1) is 7.97. The summed E-state index contributed by atoms with van der Waals surface area (Å²) in [5.41, 5.74) is 4.64. The zero-order chi connectivity index (χ0) is 12.7. The Bertz CT molecular complexity index is 574. The molecule has 0 spiro atoms. The first kappa shape index (κ1) is 11.0. The van der Waals surface area contributed by atoms with Gasteiger partial charge in [0.05, 0.1) is 23.9 Å². The number of allylic oxidation sites excluding steroid dienone is 2. The van der Waals surface area contributed by atoms with E-state index in [1.165, 1.54) is 7.11 Å². The Morgan fingerprint density at radius 1 is 1.24 bits per heavy atom. The van der Waals surface area contributed by atoms with Crippen LogP contribution in [0, 0.1) is 0 Å². The molecule has 0 aliphatic heterocycles. The van der Waals surface area contributed by atoms with E-state index < -0.39 is 23.1 Å². The lowest BCUT2D eigenvalue weighted by molar-refractivity contribution is 0.0912. The maximum absolute atomic E-state index is 11.8. The molecule has 0 aromatic heterocycles. The second-order valence-corrected chi connectivity index (χ2v) is 3.49. The number of nitrogen functional groups attached to an aromatic ring is 1. The molecule has 0 radical (unpaired) electrons. The van der Waals surface area contributed by atoms with E-state index in [4.69, 9.17) is 10.5 Å². The SMILES string of the molecule is COC1=CC(=O)c2c(O)cc(N)c(O)c2C1=O. The molecular formula is C11H9NO5. The molecule has 1 aliphatic rings. The first-order valence-corrected chi connectivity index (χ1v) is 4.66. The number of ketones is 2. The van der Waals surface area contributed by atoms with Gasteiger partial charge in [0.2, 0.25) is 5.78 Å². The van der Waals surface area contributed by atoms with Crippen molar-refractivity contribution in [3.8, 4) is 11.5 Å². The van der Waals surface area contributed by atoms with Crippen molar-refractivity contribution < 1.29 is 24.5 Å². The number of nitrogens with two attached hydrogens (primary N) is 1. The van der Waals surface area contributed by atoms with Crippen molar-refractivity contribution in [2.75, 3.05) is 12.8 Å². The fourth-order valence-electron chi connectivity index (χ4n) is 1.68. The molecule has 0 atom stereocenters. The molecule has 4 N–H and O–H groups in total. The van der Waals surface area contributed by atoms with E-state index >= 15 is 0 Å². The van der Waals surface area contributed by atoms with Crippen molar-refractivity contribution in [2.24, 2.45) is 0 Å². The standard InChI is InChI=1S/C11H9NO5/c1-17-7-3-6(14)8-5(13)2-4(12)10(15)9(8)11(7)16/h2-3,13,15H,12H2,1H3. The number of carbonyl (C=O) groups excluding carboxylic acids is 2. The Morgan fingerprint density at radius 2 is 1.88 bits per heavy atom. The number of Topliss-reactive ketones (excluding diaryl/α,β-unsaturated/α-hetero) is 1. The lowest BCUT2D eigenvalue weighted by Gasteiger charge is -2.17. The Hall–Kier alpha value is -2.50. The summed E-state index contributed by atoms with van der Waals surface area (Å²) in [4.78, 5) is 23.5. The summed E-state index contributed by atoms with van der Waals surface area (Å²) in [6.07, 6.45) is 0.958. The lowest BCUT2D eigenvalue weighted by atomic mass is 9.91. The molecule has 0 saturated carbocycles. The summed E-state index contributed by atoms with van der Waals surface area (Å²) < 4.78 is 4.72. The highest BCUT2D eigenvalue weighted by molar-refractivity contribution is 6.26. The maximum Gasteiger partial charge on any atom is 0.232 e. The normalized spacial score (nSPS) is 14.3. The minimum Gasteiger partial charge on any atom is -0.507 e. The highest BCUT2D eigenvalue weighted by Gasteiger charge is 2.33. The number of phenols is 2. The number of ether oxygens (including phenoxy) is 1. The minimum atomic E-state index is -0.692. The van der Waals surface area contributed by atoms with Crippen LogP contribution in [-0.2, 0) is 4.74 Å². The maximum atomic E-state index is 11.8. The van der Waals surface area contributed by atoms with Crippen LogP contribution in [0.4, 0.5) is 5.69 Å². The molecule has 1 aromatic carbocycles. The van der Waals surface area contributed by atoms with E-state index in [0.29, 0.717) is 0 Å². The van der Waals surface area contributed by atoms with E-state index in [0.717, 1.165) is 12.1 Å². The first-order valence-electron chi connectivity index (χ1n) is 4.66. The molecule has 0 unspecified atom stereocenters. The topological polar surface area (TPSA) is 110 Å². The van der Waals surface area contributed by atoms with Crippen LogP contribution in [0.2, 0.25) is 0 Å². The summed E-state index contributed by atoms with van der Waals surface area (Å²) in [6, 6.07) is 1.02. The average molecular weight is 235 g/mol. The van der Waals surface area contributed by atoms with E-state index in [1.807, 2.05) is 0 Å². The van der Waals surface area contributed by atoms with Crippen molar-refractivity contribution in [3.05, 3.63) is 29.0 Å². The summed E-state index contributed by atoms with van der Waals surface area (Å²) in [5, 5.41) is 19.3. The van der Waals surface area contributed by atoms with E-state index in [9.17, 15) is 19.8 Å². The zero-order valence-electron chi connectivity index (χ0n) is 8.85. The monoisotopic (exact) mass is 235 g/mol. The summed E-state index contributed by atoms with van der Waals surface area (Å²) in [7, 11) is 1.23. The second kappa shape index (κ2) is 3.51. The number of methoxy groups -OCH3 is 1. The molecule has 0 bridgehead atoms. The molecule has 6 nitrogen and oxygen atoms in total. The van der Waals surface area contributed by atoms with Gasteiger partial charge in [0.1, 0.15) is 5.75 Å². The van der Waals surface area contributed by atoms with Crippen LogP contribution in [-0.4, -0.2) is 28.9 Å². The van der Waals surface area contributed by atoms with Gasteiger partial charge in [0, 0.05) is 12.1 Å². The summed E-state index contributed by atoms with van der Waals surface area (Å²) in [6.45, 7) is 0. The van der Waals surface area contributed by atoms with Gasteiger partial charge in [0.15, 0.2) is 17.3 Å². The van der Waals surface area contributed by atoms with Crippen LogP contribution in [0.15, 0.2) is 17.9 Å². The van der Waals surface area contributed by atoms with Gasteiger partial charge in [-0.3, -0.25) is 9.59 Å². The van der Waals surface area contributed by atoms with Crippen molar-refractivity contribution in [2.45, 2.75) is 0 Å². The van der Waals surface area contributed by atoms with Crippen molar-refractivity contribution >= 4 is 17.3 Å². The average Bonchev–Trinajstić information content (AvgIpc) is 2.28. The lowest BCUT2D eigenvalue weighted by Crippen LogP contribution is -2.18. The number of hydrogen-bond acceptors (Lipinski definition) is 6. The van der Waals surface area contributed by atoms with Gasteiger partial charge in [-0.15, -0.1) is 0 Å². The van der Waals surface area contributed by atoms with Crippen molar-refractivity contribution in [1.29, 1.82) is 0 Å². The molecule has 0 saturated heterocycles. The molecule has 1 aromatic rings. The number of hydrogen-bond donors (Lipinski definition) is 3. The van der Waals surface area contributed by atoms with Crippen LogP contribution in [0.5, 0.6) is 11.5 Å². The van der Waals surface area contributed by atoms with Crippen molar-refractivity contribution in [1.82, 2.24) is 0 Å². The fraction of sp³-hybridized carbons (Fsp3) is 0.0909. The van der Waals surface area contributed by atoms with Gasteiger partial charge in [-0.25, -0.2) is 0 Å². The molecular weight excluding hydrogens is 226 g/mol. The van der Waals surface area contributed by atoms with Crippen LogP contribution in [0.1, 0.15) is 20.7 Å². The van der Waals surface area contributed by atoms with Crippen molar-refractivity contribution in [3.63, 3.8) is 0 Å². The number of fused-ring (bicyclic) bond motifs is 1. The Morgan fingerprint density at radius 3 is 2.47 bits per heavy atom. The molecule has 6 heteroatoms. The van der Waals surface area contributed by atoms with Crippen LogP contribution in [0.3, 0.4) is 0 Å². The number of aromatic hydroxyl groups is 2.